The van der Waals surface area contributed by atoms with Crippen LogP contribution in [0.5, 0.6) is 0 Å². The second-order valence-electron chi connectivity index (χ2n) is 5.27. The summed E-state index contributed by atoms with van der Waals surface area (Å²) in [5.41, 5.74) is 1.92. The van der Waals surface area contributed by atoms with E-state index in [2.05, 4.69) is 5.32 Å². The molecule has 4 nitrogen and oxygen atoms in total. The molecule has 3 rings (SSSR count). The van der Waals surface area contributed by atoms with Crippen LogP contribution in [0, 0.1) is 5.82 Å². The highest BCUT2D eigenvalue weighted by Crippen LogP contribution is 2.35. The van der Waals surface area contributed by atoms with Crippen LogP contribution in [-0.2, 0) is 9.59 Å². The molecular weight excluding hydrogens is 283 g/mol. The van der Waals surface area contributed by atoms with Crippen molar-refractivity contribution in [2.24, 2.45) is 0 Å². The molecule has 5 heteroatoms. The second kappa shape index (κ2) is 5.60. The maximum Gasteiger partial charge on any atom is 0.232 e. The zero-order valence-corrected chi connectivity index (χ0v) is 12.0. The minimum Gasteiger partial charge on any atom is -0.325 e. The molecule has 112 valence electrons. The molecule has 2 aromatic rings. The Balaban J connectivity index is 1.90. The topological polar surface area (TPSA) is 49.4 Å². The van der Waals surface area contributed by atoms with Gasteiger partial charge < -0.3 is 10.2 Å². The lowest BCUT2D eigenvalue weighted by molar-refractivity contribution is -0.124. The van der Waals surface area contributed by atoms with Gasteiger partial charge >= 0.3 is 0 Å². The predicted octanol–water partition coefficient (Wildman–Crippen LogP) is 2.91. The first-order chi connectivity index (χ1) is 10.6. The maximum absolute atomic E-state index is 13.2. The summed E-state index contributed by atoms with van der Waals surface area (Å²) in [6.45, 7) is 0. The summed E-state index contributed by atoms with van der Waals surface area (Å²) in [7, 11) is 1.70. The van der Waals surface area contributed by atoms with Crippen LogP contribution in [0.2, 0.25) is 0 Å². The molecule has 0 saturated heterocycles. The van der Waals surface area contributed by atoms with E-state index in [1.54, 1.807) is 18.0 Å². The Hall–Kier alpha value is -2.69. The Morgan fingerprint density at radius 1 is 1.23 bits per heavy atom. The van der Waals surface area contributed by atoms with Crippen LogP contribution in [0.1, 0.15) is 17.9 Å². The Morgan fingerprint density at radius 3 is 2.77 bits per heavy atom. The summed E-state index contributed by atoms with van der Waals surface area (Å²) < 4.78 is 13.2. The summed E-state index contributed by atoms with van der Waals surface area (Å²) in [6, 6.07) is 13.0. The van der Waals surface area contributed by atoms with Crippen LogP contribution < -0.4 is 10.2 Å². The fraction of sp³-hybridized carbons (Fsp3) is 0.176. The third-order valence-corrected chi connectivity index (χ3v) is 3.84. The van der Waals surface area contributed by atoms with Gasteiger partial charge in [0.05, 0.1) is 5.92 Å². The monoisotopic (exact) mass is 298 g/mol. The first kappa shape index (κ1) is 14.3. The van der Waals surface area contributed by atoms with Crippen molar-refractivity contribution < 1.29 is 14.0 Å². The molecule has 0 saturated carbocycles. The van der Waals surface area contributed by atoms with Gasteiger partial charge in [-0.2, -0.15) is 0 Å². The smallest absolute Gasteiger partial charge is 0.232 e. The number of para-hydroxylation sites is 1. The number of rotatable bonds is 2. The lowest BCUT2D eigenvalue weighted by Gasteiger charge is -2.30. The number of carbonyl (C=O) groups is 2. The molecule has 22 heavy (non-hydrogen) atoms. The van der Waals surface area contributed by atoms with Crippen LogP contribution in [-0.4, -0.2) is 18.9 Å². The van der Waals surface area contributed by atoms with E-state index in [1.807, 2.05) is 24.3 Å². The van der Waals surface area contributed by atoms with E-state index < -0.39 is 11.7 Å². The highest BCUT2D eigenvalue weighted by molar-refractivity contribution is 6.05. The van der Waals surface area contributed by atoms with Crippen LogP contribution in [0.4, 0.5) is 15.8 Å². The molecule has 1 aliphatic heterocycles. The summed E-state index contributed by atoms with van der Waals surface area (Å²) in [5.74, 6) is -1.40. The molecule has 1 aliphatic rings. The largest absolute Gasteiger partial charge is 0.325 e. The molecule has 0 aliphatic carbocycles. The Labute approximate surface area is 127 Å². The van der Waals surface area contributed by atoms with Gasteiger partial charge in [0, 0.05) is 24.8 Å². The van der Waals surface area contributed by atoms with Crippen molar-refractivity contribution in [3.05, 3.63) is 59.9 Å². The van der Waals surface area contributed by atoms with Crippen molar-refractivity contribution in [1.82, 2.24) is 0 Å². The van der Waals surface area contributed by atoms with Gasteiger partial charge in [-0.15, -0.1) is 0 Å². The molecule has 0 radical (unpaired) electrons. The Bertz CT molecular complexity index is 745. The van der Waals surface area contributed by atoms with Gasteiger partial charge in [0.1, 0.15) is 5.82 Å². The van der Waals surface area contributed by atoms with Gasteiger partial charge in [0.25, 0.3) is 0 Å². The van der Waals surface area contributed by atoms with Crippen LogP contribution in [0.25, 0.3) is 0 Å². The number of amides is 2. The number of anilines is 2. The SMILES string of the molecule is CN1C(=O)CC(C(=O)Nc2cccc(F)c2)c2ccccc21. The summed E-state index contributed by atoms with van der Waals surface area (Å²) in [6.07, 6.45) is 0.106. The molecule has 1 N–H and O–H groups in total. The quantitative estimate of drug-likeness (QED) is 0.926. The average molecular weight is 298 g/mol. The van der Waals surface area contributed by atoms with E-state index in [9.17, 15) is 14.0 Å². The standard InChI is InChI=1S/C17H15FN2O2/c1-20-15-8-3-2-7-13(15)14(10-16(20)21)17(22)19-12-6-4-5-11(18)9-12/h2-9,14H,10H2,1H3,(H,19,22). The van der Waals surface area contributed by atoms with Crippen molar-refractivity contribution >= 4 is 23.2 Å². The molecule has 1 unspecified atom stereocenters. The summed E-state index contributed by atoms with van der Waals surface area (Å²) in [4.78, 5) is 26.1. The number of hydrogen-bond donors (Lipinski definition) is 1. The van der Waals surface area contributed by atoms with E-state index in [0.717, 1.165) is 11.3 Å². The summed E-state index contributed by atoms with van der Waals surface area (Å²) in [5, 5.41) is 2.68. The Morgan fingerprint density at radius 2 is 2.00 bits per heavy atom. The van der Waals surface area contributed by atoms with Gasteiger partial charge in [-0.3, -0.25) is 9.59 Å². The number of carbonyl (C=O) groups excluding carboxylic acids is 2. The van der Waals surface area contributed by atoms with Crippen molar-refractivity contribution in [2.45, 2.75) is 12.3 Å². The van der Waals surface area contributed by atoms with Gasteiger partial charge in [0.15, 0.2) is 0 Å². The fourth-order valence-electron chi connectivity index (χ4n) is 2.67. The maximum atomic E-state index is 13.2. The highest BCUT2D eigenvalue weighted by atomic mass is 19.1. The van der Waals surface area contributed by atoms with E-state index in [4.69, 9.17) is 0 Å². The van der Waals surface area contributed by atoms with E-state index in [1.165, 1.54) is 18.2 Å². The third kappa shape index (κ3) is 2.57. The number of benzene rings is 2. The number of hydrogen-bond acceptors (Lipinski definition) is 2. The fourth-order valence-corrected chi connectivity index (χ4v) is 2.67. The van der Waals surface area contributed by atoms with Gasteiger partial charge in [-0.05, 0) is 29.8 Å². The minimum absolute atomic E-state index is 0.106. The summed E-state index contributed by atoms with van der Waals surface area (Å²) >= 11 is 0. The molecule has 0 spiro atoms. The number of nitrogens with zero attached hydrogens (tertiary/aromatic N) is 1. The van der Waals surface area contributed by atoms with Crippen LogP contribution >= 0.6 is 0 Å². The normalized spacial score (nSPS) is 17.1. The molecule has 0 fully saturated rings. The molecular formula is C17H15FN2O2. The predicted molar refractivity (Wildman–Crippen MR) is 82.2 cm³/mol. The number of halogens is 1. The van der Waals surface area contributed by atoms with Crippen molar-refractivity contribution in [3.8, 4) is 0 Å². The Kier molecular flexibility index (Phi) is 3.63. The first-order valence-electron chi connectivity index (χ1n) is 6.98. The van der Waals surface area contributed by atoms with E-state index in [-0.39, 0.29) is 18.2 Å². The van der Waals surface area contributed by atoms with Gasteiger partial charge in [-0.1, -0.05) is 24.3 Å². The number of fused-ring (bicyclic) bond motifs is 1. The number of nitrogens with one attached hydrogen (secondary N) is 1. The van der Waals surface area contributed by atoms with Crippen molar-refractivity contribution in [2.75, 3.05) is 17.3 Å². The minimum atomic E-state index is -0.567. The van der Waals surface area contributed by atoms with Crippen LogP contribution in [0.3, 0.4) is 0 Å². The van der Waals surface area contributed by atoms with Crippen LogP contribution in [0.15, 0.2) is 48.5 Å². The molecule has 0 bridgehead atoms. The van der Waals surface area contributed by atoms with E-state index in [0.29, 0.717) is 5.69 Å². The molecule has 1 heterocycles. The van der Waals surface area contributed by atoms with E-state index >= 15 is 0 Å². The van der Waals surface area contributed by atoms with Gasteiger partial charge in [-0.25, -0.2) is 4.39 Å². The lowest BCUT2D eigenvalue weighted by atomic mass is 9.89. The molecule has 0 aromatic heterocycles. The second-order valence-corrected chi connectivity index (χ2v) is 5.27. The highest BCUT2D eigenvalue weighted by Gasteiger charge is 2.33. The third-order valence-electron chi connectivity index (χ3n) is 3.84. The zero-order valence-electron chi connectivity index (χ0n) is 12.0. The molecule has 2 aromatic carbocycles. The zero-order chi connectivity index (χ0) is 15.7. The average Bonchev–Trinajstić information content (AvgIpc) is 2.51. The van der Waals surface area contributed by atoms with Crippen molar-refractivity contribution in [3.63, 3.8) is 0 Å². The van der Waals surface area contributed by atoms with Gasteiger partial charge in [0.2, 0.25) is 11.8 Å². The first-order valence-corrected chi connectivity index (χ1v) is 6.98. The molecule has 1 atom stereocenters. The molecule has 2 amide bonds. The van der Waals surface area contributed by atoms with Crippen molar-refractivity contribution in [1.29, 1.82) is 0 Å². The lowest BCUT2D eigenvalue weighted by Crippen LogP contribution is -2.37.